The molecule has 1 aromatic rings. The third-order valence-electron chi connectivity index (χ3n) is 1.29. The van der Waals surface area contributed by atoms with Crippen LogP contribution < -0.4 is 0 Å². The van der Waals surface area contributed by atoms with Gasteiger partial charge in [-0.2, -0.15) is 0 Å². The number of H-pyrrole nitrogens is 1. The largest absolute Gasteiger partial charge is 0.358 e. The molecule has 68 valence electrons. The van der Waals surface area contributed by atoms with Crippen molar-refractivity contribution < 1.29 is 9.72 Å². The maximum atomic E-state index is 10.2. The van der Waals surface area contributed by atoms with Crippen molar-refractivity contribution in [3.05, 3.63) is 28.2 Å². The zero-order valence-corrected chi connectivity index (χ0v) is 6.64. The van der Waals surface area contributed by atoms with Crippen LogP contribution in [0.3, 0.4) is 0 Å². The molecule has 6 heteroatoms. The van der Waals surface area contributed by atoms with Crippen LogP contribution >= 0.6 is 0 Å². The average molecular weight is 181 g/mol. The third-order valence-corrected chi connectivity index (χ3v) is 1.29. The van der Waals surface area contributed by atoms with Gasteiger partial charge in [0.1, 0.15) is 12.5 Å². The topological polar surface area (TPSA) is 88.9 Å². The summed E-state index contributed by atoms with van der Waals surface area (Å²) in [5.74, 6) is 0.208. The Hall–Kier alpha value is -1.98. The maximum Gasteiger partial charge on any atom is 0.340 e. The minimum absolute atomic E-state index is 0.161. The molecule has 0 fully saturated rings. The number of nitrogens with one attached hydrogen (secondary N) is 1. The lowest BCUT2D eigenvalue weighted by Gasteiger charge is -1.84. The Kier molecular flexibility index (Phi) is 2.91. The molecule has 0 radical (unpaired) electrons. The molecule has 1 heterocycles. The smallest absolute Gasteiger partial charge is 0.340 e. The van der Waals surface area contributed by atoms with Crippen LogP contribution in [0, 0.1) is 10.1 Å². The van der Waals surface area contributed by atoms with Gasteiger partial charge in [-0.05, 0) is 4.92 Å². The number of allylic oxidation sites excluding steroid dienone is 1. The number of imidazole rings is 1. The monoisotopic (exact) mass is 181 g/mol. The van der Waals surface area contributed by atoms with Crippen molar-refractivity contribution in [1.82, 2.24) is 9.97 Å². The Morgan fingerprint density at radius 3 is 3.00 bits per heavy atom. The second kappa shape index (κ2) is 4.15. The molecule has 1 N–H and O–H groups in total. The molecule has 0 aliphatic heterocycles. The number of aldehydes is 1. The summed E-state index contributed by atoms with van der Waals surface area (Å²) in [5, 5.41) is 10.2. The summed E-state index contributed by atoms with van der Waals surface area (Å²) in [7, 11) is 0. The Labute approximate surface area is 73.4 Å². The van der Waals surface area contributed by atoms with Gasteiger partial charge in [0.25, 0.3) is 0 Å². The predicted octanol–water partition coefficient (Wildman–Crippen LogP) is 0.920. The molecule has 0 saturated heterocycles. The summed E-state index contributed by atoms with van der Waals surface area (Å²) in [4.78, 5) is 25.7. The molecule has 1 rings (SSSR count). The second-order valence-electron chi connectivity index (χ2n) is 2.22. The van der Waals surface area contributed by atoms with E-state index in [4.69, 9.17) is 0 Å². The van der Waals surface area contributed by atoms with E-state index in [1.54, 1.807) is 6.08 Å². The first-order valence-electron chi connectivity index (χ1n) is 3.53. The van der Waals surface area contributed by atoms with E-state index in [0.29, 0.717) is 5.82 Å². The maximum absolute atomic E-state index is 10.2. The fourth-order valence-electron chi connectivity index (χ4n) is 0.739. The Morgan fingerprint density at radius 2 is 2.46 bits per heavy atom. The van der Waals surface area contributed by atoms with Crippen molar-refractivity contribution in [3.63, 3.8) is 0 Å². The summed E-state index contributed by atoms with van der Waals surface area (Å²) in [5.41, 5.74) is 0. The van der Waals surface area contributed by atoms with Crippen LogP contribution in [-0.4, -0.2) is 21.2 Å². The van der Waals surface area contributed by atoms with E-state index in [1.165, 1.54) is 6.08 Å². The lowest BCUT2D eigenvalue weighted by molar-refractivity contribution is -0.389. The summed E-state index contributed by atoms with van der Waals surface area (Å²) >= 11 is 0. The Bertz CT molecular complexity index is 343. The third kappa shape index (κ3) is 2.51. The highest BCUT2D eigenvalue weighted by molar-refractivity contribution is 5.55. The standard InChI is InChI=1S/C7H7N3O3/c11-4-2-1-3-6-8-5-7(9-6)10(12)13/h1,3-5H,2H2,(H,8,9). The van der Waals surface area contributed by atoms with Gasteiger partial charge in [-0.25, -0.2) is 9.97 Å². The minimum atomic E-state index is -0.565. The van der Waals surface area contributed by atoms with Crippen LogP contribution in [0.5, 0.6) is 0 Å². The van der Waals surface area contributed by atoms with Crippen LogP contribution in [0.25, 0.3) is 6.08 Å². The van der Waals surface area contributed by atoms with Crippen molar-refractivity contribution in [1.29, 1.82) is 0 Å². The fourth-order valence-corrected chi connectivity index (χ4v) is 0.739. The SMILES string of the molecule is O=CCC=Cc1ncc([N+](=O)[O-])[nH]1. The summed E-state index contributed by atoms with van der Waals surface area (Å²) < 4.78 is 0. The van der Waals surface area contributed by atoms with Crippen molar-refractivity contribution in [2.75, 3.05) is 0 Å². The summed E-state index contributed by atoms with van der Waals surface area (Å²) in [6.07, 6.45) is 5.21. The molecule has 0 aliphatic carbocycles. The molecule has 0 bridgehead atoms. The molecule has 0 aliphatic rings. The van der Waals surface area contributed by atoms with Crippen molar-refractivity contribution >= 4 is 18.2 Å². The van der Waals surface area contributed by atoms with Crippen LogP contribution in [0.15, 0.2) is 12.3 Å². The number of carbonyl (C=O) groups is 1. The van der Waals surface area contributed by atoms with Gasteiger partial charge in [0.05, 0.1) is 0 Å². The quantitative estimate of drug-likeness (QED) is 0.425. The van der Waals surface area contributed by atoms with E-state index >= 15 is 0 Å². The molecule has 0 saturated carbocycles. The Balaban J connectivity index is 2.69. The molecular weight excluding hydrogens is 174 g/mol. The minimum Gasteiger partial charge on any atom is -0.358 e. The predicted molar refractivity (Wildman–Crippen MR) is 45.0 cm³/mol. The lowest BCUT2D eigenvalue weighted by Crippen LogP contribution is -1.86. The van der Waals surface area contributed by atoms with Gasteiger partial charge in [-0.1, -0.05) is 6.08 Å². The molecule has 13 heavy (non-hydrogen) atoms. The highest BCUT2D eigenvalue weighted by Gasteiger charge is 2.06. The van der Waals surface area contributed by atoms with Crippen molar-refractivity contribution in [2.45, 2.75) is 6.42 Å². The molecule has 0 spiro atoms. The first-order valence-corrected chi connectivity index (χ1v) is 3.53. The second-order valence-corrected chi connectivity index (χ2v) is 2.22. The van der Waals surface area contributed by atoms with Crippen LogP contribution in [0.1, 0.15) is 12.2 Å². The van der Waals surface area contributed by atoms with Gasteiger partial charge < -0.3 is 14.9 Å². The van der Waals surface area contributed by atoms with E-state index in [1.807, 2.05) is 0 Å². The van der Waals surface area contributed by atoms with Gasteiger partial charge in [0, 0.05) is 12.5 Å². The molecule has 0 amide bonds. The number of carbonyl (C=O) groups excluding carboxylic acids is 1. The van der Waals surface area contributed by atoms with Gasteiger partial charge in [0.15, 0.2) is 0 Å². The number of aromatic nitrogens is 2. The van der Waals surface area contributed by atoms with E-state index in [-0.39, 0.29) is 12.2 Å². The van der Waals surface area contributed by atoms with Gasteiger partial charge in [0.2, 0.25) is 5.82 Å². The highest BCUT2D eigenvalue weighted by atomic mass is 16.6. The molecular formula is C7H7N3O3. The van der Waals surface area contributed by atoms with Crippen molar-refractivity contribution in [2.24, 2.45) is 0 Å². The molecule has 1 aromatic heterocycles. The van der Waals surface area contributed by atoms with Crippen molar-refractivity contribution in [3.8, 4) is 0 Å². The van der Waals surface area contributed by atoms with E-state index in [2.05, 4.69) is 9.97 Å². The summed E-state index contributed by atoms with van der Waals surface area (Å²) in [6, 6.07) is 0. The molecule has 0 unspecified atom stereocenters. The van der Waals surface area contributed by atoms with Crippen LogP contribution in [-0.2, 0) is 4.79 Å². The fraction of sp³-hybridized carbons (Fsp3) is 0.143. The van der Waals surface area contributed by atoms with E-state index in [0.717, 1.165) is 12.5 Å². The van der Waals surface area contributed by atoms with Gasteiger partial charge in [-0.3, -0.25) is 0 Å². The molecule has 6 nitrogen and oxygen atoms in total. The Morgan fingerprint density at radius 1 is 1.69 bits per heavy atom. The molecule has 0 aromatic carbocycles. The summed E-state index contributed by atoms with van der Waals surface area (Å²) in [6.45, 7) is 0. The van der Waals surface area contributed by atoms with Crippen LogP contribution in [0.2, 0.25) is 0 Å². The molecule has 0 atom stereocenters. The van der Waals surface area contributed by atoms with E-state index < -0.39 is 4.92 Å². The number of rotatable bonds is 4. The lowest BCUT2D eigenvalue weighted by atomic mass is 10.4. The highest BCUT2D eigenvalue weighted by Crippen LogP contribution is 2.06. The first kappa shape index (κ1) is 9.11. The first-order chi connectivity index (χ1) is 6.24. The van der Waals surface area contributed by atoms with Crippen LogP contribution in [0.4, 0.5) is 5.82 Å². The number of aromatic amines is 1. The number of nitro groups is 1. The van der Waals surface area contributed by atoms with Gasteiger partial charge >= 0.3 is 5.82 Å². The van der Waals surface area contributed by atoms with Gasteiger partial charge in [-0.15, -0.1) is 0 Å². The number of hydrogen-bond acceptors (Lipinski definition) is 4. The zero-order chi connectivity index (χ0) is 9.68. The zero-order valence-electron chi connectivity index (χ0n) is 6.64. The average Bonchev–Trinajstić information content (AvgIpc) is 2.53. The number of hydrogen-bond donors (Lipinski definition) is 1. The number of nitrogens with zero attached hydrogens (tertiary/aromatic N) is 2. The van der Waals surface area contributed by atoms with E-state index in [9.17, 15) is 14.9 Å². The normalized spacial score (nSPS) is 10.5.